The molecule has 2 N–H and O–H groups in total. The lowest BCUT2D eigenvalue weighted by Crippen LogP contribution is -2.53. The molecule has 8 nitrogen and oxygen atoms in total. The minimum atomic E-state index is -0.692. The third-order valence-electron chi connectivity index (χ3n) is 6.69. The third-order valence-corrected chi connectivity index (χ3v) is 6.69. The van der Waals surface area contributed by atoms with Crippen molar-refractivity contribution in [2.45, 2.75) is 70.4 Å². The Kier molecular flexibility index (Phi) is 8.97. The Labute approximate surface area is 196 Å². The molecule has 0 unspecified atom stereocenters. The number of piperidine rings is 1. The number of amides is 3. The molecule has 1 heterocycles. The predicted octanol–water partition coefficient (Wildman–Crippen LogP) is 2.44. The van der Waals surface area contributed by atoms with Crippen molar-refractivity contribution in [1.29, 1.82) is 0 Å². The van der Waals surface area contributed by atoms with E-state index in [0.29, 0.717) is 31.0 Å². The highest BCUT2D eigenvalue weighted by Crippen LogP contribution is 2.28. The lowest BCUT2D eigenvalue weighted by atomic mass is 9.87. The van der Waals surface area contributed by atoms with Crippen LogP contribution in [0.25, 0.3) is 0 Å². The molecule has 1 aliphatic heterocycles. The Morgan fingerprint density at radius 1 is 1.00 bits per heavy atom. The predicted molar refractivity (Wildman–Crippen MR) is 125 cm³/mol. The maximum atomic E-state index is 13.0. The Balaban J connectivity index is 1.56. The van der Waals surface area contributed by atoms with Crippen LogP contribution in [-0.4, -0.2) is 62.0 Å². The van der Waals surface area contributed by atoms with Crippen molar-refractivity contribution < 1.29 is 23.9 Å². The molecule has 33 heavy (non-hydrogen) atoms. The number of carbonyl (C=O) groups excluding carboxylic acids is 3. The summed E-state index contributed by atoms with van der Waals surface area (Å²) in [4.78, 5) is 39.5. The number of hydrogen-bond acceptors (Lipinski definition) is 5. The summed E-state index contributed by atoms with van der Waals surface area (Å²) >= 11 is 0. The molecule has 0 radical (unpaired) electrons. The van der Waals surface area contributed by atoms with E-state index in [1.165, 1.54) is 13.3 Å². The van der Waals surface area contributed by atoms with Gasteiger partial charge in [0.15, 0.2) is 11.5 Å². The van der Waals surface area contributed by atoms with Crippen LogP contribution in [0.4, 0.5) is 0 Å². The van der Waals surface area contributed by atoms with Gasteiger partial charge in [-0.25, -0.2) is 0 Å². The van der Waals surface area contributed by atoms with Crippen molar-refractivity contribution in [1.82, 2.24) is 15.5 Å². The molecule has 0 aromatic heterocycles. The van der Waals surface area contributed by atoms with E-state index in [1.54, 1.807) is 20.3 Å². The molecule has 0 spiro atoms. The van der Waals surface area contributed by atoms with Gasteiger partial charge in [0, 0.05) is 38.4 Å². The van der Waals surface area contributed by atoms with Gasteiger partial charge in [0.2, 0.25) is 17.7 Å². The summed E-state index contributed by atoms with van der Waals surface area (Å²) in [6.07, 6.45) is 7.33. The Morgan fingerprint density at radius 2 is 1.67 bits per heavy atom. The third kappa shape index (κ3) is 6.85. The molecule has 1 aromatic carbocycles. The number of benzene rings is 1. The van der Waals surface area contributed by atoms with Crippen LogP contribution >= 0.6 is 0 Å². The van der Waals surface area contributed by atoms with Gasteiger partial charge in [0.1, 0.15) is 6.04 Å². The summed E-state index contributed by atoms with van der Waals surface area (Å²) < 4.78 is 10.6. The number of nitrogens with zero attached hydrogens (tertiary/aromatic N) is 1. The van der Waals surface area contributed by atoms with Crippen molar-refractivity contribution in [3.63, 3.8) is 0 Å². The Bertz CT molecular complexity index is 829. The van der Waals surface area contributed by atoms with Gasteiger partial charge in [-0.05, 0) is 43.4 Å². The quantitative estimate of drug-likeness (QED) is 0.622. The molecule has 1 saturated heterocycles. The zero-order valence-corrected chi connectivity index (χ0v) is 20.0. The van der Waals surface area contributed by atoms with Gasteiger partial charge < -0.3 is 25.0 Å². The van der Waals surface area contributed by atoms with E-state index in [1.807, 2.05) is 17.0 Å². The largest absolute Gasteiger partial charge is 0.493 e. The van der Waals surface area contributed by atoms with E-state index in [2.05, 4.69) is 10.6 Å². The SMILES string of the molecule is COc1ccc(C[C@@H](NC(C)=O)C(=O)NC2CCN(C(=O)C3CCCCC3)CC2)cc1OC. The number of carbonyl (C=O) groups is 3. The van der Waals surface area contributed by atoms with Crippen molar-refractivity contribution in [3.8, 4) is 11.5 Å². The van der Waals surface area contributed by atoms with Gasteiger partial charge in [-0.1, -0.05) is 25.3 Å². The van der Waals surface area contributed by atoms with E-state index >= 15 is 0 Å². The Morgan fingerprint density at radius 3 is 2.27 bits per heavy atom. The van der Waals surface area contributed by atoms with Gasteiger partial charge in [0.25, 0.3) is 0 Å². The summed E-state index contributed by atoms with van der Waals surface area (Å²) in [5.74, 6) is 1.17. The molecular weight excluding hydrogens is 422 g/mol. The molecule has 182 valence electrons. The molecule has 1 atom stereocenters. The van der Waals surface area contributed by atoms with Gasteiger partial charge in [-0.3, -0.25) is 14.4 Å². The fourth-order valence-corrected chi connectivity index (χ4v) is 4.85. The summed E-state index contributed by atoms with van der Waals surface area (Å²) in [5, 5.41) is 5.85. The van der Waals surface area contributed by atoms with Crippen LogP contribution in [0.2, 0.25) is 0 Å². The van der Waals surface area contributed by atoms with Crippen LogP contribution in [0.3, 0.4) is 0 Å². The van der Waals surface area contributed by atoms with E-state index < -0.39 is 6.04 Å². The fraction of sp³-hybridized carbons (Fsp3) is 0.640. The minimum absolute atomic E-state index is 0.00503. The molecule has 3 rings (SSSR count). The minimum Gasteiger partial charge on any atom is -0.493 e. The van der Waals surface area contributed by atoms with E-state index in [-0.39, 0.29) is 29.7 Å². The molecule has 1 aromatic rings. The van der Waals surface area contributed by atoms with Crippen molar-refractivity contribution >= 4 is 17.7 Å². The summed E-state index contributed by atoms with van der Waals surface area (Å²) in [5.41, 5.74) is 0.856. The van der Waals surface area contributed by atoms with Gasteiger partial charge in [-0.15, -0.1) is 0 Å². The second-order valence-corrected chi connectivity index (χ2v) is 9.09. The second kappa shape index (κ2) is 11.9. The zero-order chi connectivity index (χ0) is 23.8. The van der Waals surface area contributed by atoms with Gasteiger partial charge >= 0.3 is 0 Å². The van der Waals surface area contributed by atoms with Crippen LogP contribution in [0.15, 0.2) is 18.2 Å². The van der Waals surface area contributed by atoms with Crippen molar-refractivity contribution in [2.24, 2.45) is 5.92 Å². The number of nitrogens with one attached hydrogen (secondary N) is 2. The topological polar surface area (TPSA) is 97.0 Å². The zero-order valence-electron chi connectivity index (χ0n) is 20.0. The van der Waals surface area contributed by atoms with Gasteiger partial charge in [0.05, 0.1) is 14.2 Å². The molecular formula is C25H37N3O5. The molecule has 2 fully saturated rings. The monoisotopic (exact) mass is 459 g/mol. The summed E-state index contributed by atoms with van der Waals surface area (Å²) in [7, 11) is 3.13. The van der Waals surface area contributed by atoms with E-state index in [0.717, 1.165) is 44.1 Å². The summed E-state index contributed by atoms with van der Waals surface area (Å²) in [6, 6.07) is 4.77. The van der Waals surface area contributed by atoms with E-state index in [9.17, 15) is 14.4 Å². The number of methoxy groups -OCH3 is 2. The Hall–Kier alpha value is -2.77. The molecule has 2 aliphatic rings. The second-order valence-electron chi connectivity index (χ2n) is 9.09. The fourth-order valence-electron chi connectivity index (χ4n) is 4.85. The normalized spacial score (nSPS) is 18.3. The molecule has 3 amide bonds. The van der Waals surface area contributed by atoms with Crippen molar-refractivity contribution in [2.75, 3.05) is 27.3 Å². The van der Waals surface area contributed by atoms with Crippen LogP contribution < -0.4 is 20.1 Å². The first-order chi connectivity index (χ1) is 15.9. The van der Waals surface area contributed by atoms with Crippen LogP contribution in [-0.2, 0) is 20.8 Å². The van der Waals surface area contributed by atoms with E-state index in [4.69, 9.17) is 9.47 Å². The highest BCUT2D eigenvalue weighted by molar-refractivity contribution is 5.87. The first kappa shape index (κ1) is 24.9. The van der Waals surface area contributed by atoms with Crippen LogP contribution in [0, 0.1) is 5.92 Å². The first-order valence-corrected chi connectivity index (χ1v) is 12.0. The van der Waals surface area contributed by atoms with Crippen LogP contribution in [0.1, 0.15) is 57.4 Å². The lowest BCUT2D eigenvalue weighted by Gasteiger charge is -2.36. The molecule has 1 aliphatic carbocycles. The van der Waals surface area contributed by atoms with Crippen molar-refractivity contribution in [3.05, 3.63) is 23.8 Å². The molecule has 1 saturated carbocycles. The maximum absolute atomic E-state index is 13.0. The van der Waals surface area contributed by atoms with Crippen LogP contribution in [0.5, 0.6) is 11.5 Å². The number of rotatable bonds is 8. The number of hydrogen-bond donors (Lipinski definition) is 2. The summed E-state index contributed by atoms with van der Waals surface area (Å²) in [6.45, 7) is 2.74. The highest BCUT2D eigenvalue weighted by atomic mass is 16.5. The molecule has 8 heteroatoms. The number of likely N-dealkylation sites (tertiary alicyclic amines) is 1. The maximum Gasteiger partial charge on any atom is 0.243 e. The van der Waals surface area contributed by atoms with Gasteiger partial charge in [-0.2, -0.15) is 0 Å². The smallest absolute Gasteiger partial charge is 0.243 e. The lowest BCUT2D eigenvalue weighted by molar-refractivity contribution is -0.138. The average molecular weight is 460 g/mol. The number of ether oxygens (including phenoxy) is 2. The highest BCUT2D eigenvalue weighted by Gasteiger charge is 2.30. The average Bonchev–Trinajstić information content (AvgIpc) is 2.83. The molecule has 0 bridgehead atoms. The first-order valence-electron chi connectivity index (χ1n) is 12.0. The standard InChI is InChI=1S/C25H37N3O5/c1-17(29)26-21(15-18-9-10-22(32-2)23(16-18)33-3)24(30)27-20-11-13-28(14-12-20)25(31)19-7-5-4-6-8-19/h9-10,16,19-21H,4-8,11-15H2,1-3H3,(H,26,29)(H,27,30)/t21-/m1/s1.